The lowest BCUT2D eigenvalue weighted by atomic mass is 10.1. The highest BCUT2D eigenvalue weighted by Gasteiger charge is 2.26. The van der Waals surface area contributed by atoms with Crippen LogP contribution in [-0.4, -0.2) is 44.2 Å². The highest BCUT2D eigenvalue weighted by atomic mass is 16.5. The van der Waals surface area contributed by atoms with Crippen molar-refractivity contribution in [2.75, 3.05) is 33.1 Å². The van der Waals surface area contributed by atoms with Gasteiger partial charge in [-0.25, -0.2) is 0 Å². The van der Waals surface area contributed by atoms with Crippen molar-refractivity contribution in [2.24, 2.45) is 0 Å². The zero-order chi connectivity index (χ0) is 15.8. The van der Waals surface area contributed by atoms with Crippen molar-refractivity contribution in [3.63, 3.8) is 0 Å². The van der Waals surface area contributed by atoms with Crippen molar-refractivity contribution < 1.29 is 14.3 Å². The maximum atomic E-state index is 12.9. The summed E-state index contributed by atoms with van der Waals surface area (Å²) < 4.78 is 10.4. The van der Waals surface area contributed by atoms with Crippen molar-refractivity contribution in [2.45, 2.75) is 32.7 Å². The van der Waals surface area contributed by atoms with Crippen molar-refractivity contribution in [3.8, 4) is 5.75 Å². The molecular weight excluding hydrogens is 268 g/mol. The van der Waals surface area contributed by atoms with Crippen LogP contribution in [0.15, 0.2) is 18.2 Å². The minimum absolute atomic E-state index is 0.101. The van der Waals surface area contributed by atoms with Gasteiger partial charge in [-0.3, -0.25) is 4.79 Å². The van der Waals surface area contributed by atoms with Crippen LogP contribution in [0.5, 0.6) is 5.75 Å². The molecule has 0 saturated carbocycles. The molecule has 0 aliphatic rings. The van der Waals surface area contributed by atoms with E-state index in [-0.39, 0.29) is 11.9 Å². The molecule has 0 fully saturated rings. The topological polar surface area (TPSA) is 64.8 Å². The van der Waals surface area contributed by atoms with Gasteiger partial charge in [-0.1, -0.05) is 19.9 Å². The second-order valence-corrected chi connectivity index (χ2v) is 4.89. The normalized spacial score (nSPS) is 10.7. The molecule has 0 unspecified atom stereocenters. The molecule has 0 saturated heterocycles. The van der Waals surface area contributed by atoms with Gasteiger partial charge in [0.1, 0.15) is 11.3 Å². The molecule has 0 aliphatic heterocycles. The summed E-state index contributed by atoms with van der Waals surface area (Å²) in [7, 11) is 3.18. The summed E-state index contributed by atoms with van der Waals surface area (Å²) in [5.74, 6) is 0.407. The van der Waals surface area contributed by atoms with Crippen LogP contribution < -0.4 is 10.5 Å². The van der Waals surface area contributed by atoms with E-state index in [1.807, 2.05) is 4.90 Å². The molecule has 1 amide bonds. The van der Waals surface area contributed by atoms with Crippen LogP contribution in [0.2, 0.25) is 0 Å². The molecule has 1 aromatic carbocycles. The number of carbonyl (C=O) groups is 1. The van der Waals surface area contributed by atoms with Crippen LogP contribution in [0.4, 0.5) is 5.69 Å². The Morgan fingerprint density at radius 3 is 2.48 bits per heavy atom. The molecule has 1 rings (SSSR count). The van der Waals surface area contributed by atoms with Crippen LogP contribution in [0.1, 0.15) is 37.0 Å². The Kier molecular flexibility index (Phi) is 7.02. The molecule has 1 aromatic rings. The molecule has 0 bridgehead atoms. The Morgan fingerprint density at radius 2 is 1.95 bits per heavy atom. The van der Waals surface area contributed by atoms with E-state index in [4.69, 9.17) is 15.2 Å². The monoisotopic (exact) mass is 294 g/mol. The predicted molar refractivity (Wildman–Crippen MR) is 84.7 cm³/mol. The third-order valence-electron chi connectivity index (χ3n) is 3.67. The van der Waals surface area contributed by atoms with Crippen LogP contribution in [-0.2, 0) is 4.74 Å². The number of hydrogen-bond donors (Lipinski definition) is 1. The first-order valence-corrected chi connectivity index (χ1v) is 7.32. The molecule has 5 heteroatoms. The third kappa shape index (κ3) is 4.11. The molecular formula is C16H26N2O3. The summed E-state index contributed by atoms with van der Waals surface area (Å²) in [5.41, 5.74) is 6.86. The maximum absolute atomic E-state index is 12.9. The van der Waals surface area contributed by atoms with Gasteiger partial charge in [-0.15, -0.1) is 0 Å². The van der Waals surface area contributed by atoms with Crippen LogP contribution in [0, 0.1) is 0 Å². The Morgan fingerprint density at radius 1 is 1.29 bits per heavy atom. The van der Waals surface area contributed by atoms with Gasteiger partial charge in [0.05, 0.1) is 13.7 Å². The zero-order valence-corrected chi connectivity index (χ0v) is 13.4. The average molecular weight is 294 g/mol. The Balaban J connectivity index is 3.15. The van der Waals surface area contributed by atoms with Gasteiger partial charge < -0.3 is 20.1 Å². The van der Waals surface area contributed by atoms with Gasteiger partial charge in [-0.2, -0.15) is 0 Å². The second-order valence-electron chi connectivity index (χ2n) is 4.89. The predicted octanol–water partition coefficient (Wildman–Crippen LogP) is 2.55. The van der Waals surface area contributed by atoms with Crippen LogP contribution in [0.25, 0.3) is 0 Å². The van der Waals surface area contributed by atoms with E-state index < -0.39 is 0 Å². The first kappa shape index (κ1) is 17.3. The number of hydrogen-bond acceptors (Lipinski definition) is 4. The number of nitrogens with zero attached hydrogens (tertiary/aromatic N) is 1. The highest BCUT2D eigenvalue weighted by molar-refractivity contribution is 6.02. The van der Waals surface area contributed by atoms with E-state index in [9.17, 15) is 4.79 Å². The van der Waals surface area contributed by atoms with E-state index in [0.717, 1.165) is 12.8 Å². The van der Waals surface area contributed by atoms with Crippen LogP contribution in [0.3, 0.4) is 0 Å². The number of anilines is 1. The smallest absolute Gasteiger partial charge is 0.260 e. The highest BCUT2D eigenvalue weighted by Crippen LogP contribution is 2.27. The summed E-state index contributed by atoms with van der Waals surface area (Å²) in [6.45, 7) is 5.19. The molecule has 0 radical (unpaired) electrons. The molecule has 0 aromatic heterocycles. The molecule has 0 heterocycles. The summed E-state index contributed by atoms with van der Waals surface area (Å²) >= 11 is 0. The molecule has 5 nitrogen and oxygen atoms in total. The summed E-state index contributed by atoms with van der Waals surface area (Å²) in [6, 6.07) is 5.42. The average Bonchev–Trinajstić information content (AvgIpc) is 2.50. The molecule has 0 atom stereocenters. The van der Waals surface area contributed by atoms with E-state index >= 15 is 0 Å². The van der Waals surface area contributed by atoms with E-state index in [1.165, 1.54) is 0 Å². The lowest BCUT2D eigenvalue weighted by Gasteiger charge is -2.31. The summed E-state index contributed by atoms with van der Waals surface area (Å²) in [5, 5.41) is 0. The second kappa shape index (κ2) is 8.52. The number of nitrogen functional groups attached to an aromatic ring is 1. The van der Waals surface area contributed by atoms with Crippen molar-refractivity contribution in [1.82, 2.24) is 4.90 Å². The summed E-state index contributed by atoms with van der Waals surface area (Å²) in [6.07, 6.45) is 1.78. The minimum atomic E-state index is -0.101. The molecule has 0 aliphatic carbocycles. The molecule has 118 valence electrons. The molecule has 0 spiro atoms. The van der Waals surface area contributed by atoms with Crippen molar-refractivity contribution >= 4 is 11.6 Å². The van der Waals surface area contributed by atoms with Gasteiger partial charge in [0.2, 0.25) is 0 Å². The van der Waals surface area contributed by atoms with Gasteiger partial charge in [-0.05, 0) is 25.0 Å². The Hall–Kier alpha value is -1.75. The number of ether oxygens (including phenoxy) is 2. The number of amides is 1. The number of carbonyl (C=O) groups excluding carboxylic acids is 1. The quantitative estimate of drug-likeness (QED) is 0.748. The zero-order valence-electron chi connectivity index (χ0n) is 13.4. The Labute approximate surface area is 127 Å². The summed E-state index contributed by atoms with van der Waals surface area (Å²) in [4.78, 5) is 14.8. The van der Waals surface area contributed by atoms with Gasteiger partial charge >= 0.3 is 0 Å². The lowest BCUT2D eigenvalue weighted by Crippen LogP contribution is -2.42. The fourth-order valence-corrected chi connectivity index (χ4v) is 2.46. The first-order valence-electron chi connectivity index (χ1n) is 7.32. The first-order chi connectivity index (χ1) is 10.1. The minimum Gasteiger partial charge on any atom is -0.496 e. The number of rotatable bonds is 8. The fraction of sp³-hybridized carbons (Fsp3) is 0.562. The third-order valence-corrected chi connectivity index (χ3v) is 3.67. The van der Waals surface area contributed by atoms with Crippen molar-refractivity contribution in [1.29, 1.82) is 0 Å². The van der Waals surface area contributed by atoms with E-state index in [0.29, 0.717) is 30.2 Å². The maximum Gasteiger partial charge on any atom is 0.260 e. The number of methoxy groups -OCH3 is 2. The van der Waals surface area contributed by atoms with Gasteiger partial charge in [0.15, 0.2) is 0 Å². The lowest BCUT2D eigenvalue weighted by molar-refractivity contribution is 0.0587. The largest absolute Gasteiger partial charge is 0.496 e. The van der Waals surface area contributed by atoms with E-state index in [1.54, 1.807) is 32.4 Å². The Bertz CT molecular complexity index is 459. The van der Waals surface area contributed by atoms with Gasteiger partial charge in [0, 0.05) is 25.4 Å². The number of nitrogens with two attached hydrogens (primary N) is 1. The van der Waals surface area contributed by atoms with E-state index in [2.05, 4.69) is 13.8 Å². The van der Waals surface area contributed by atoms with Crippen molar-refractivity contribution in [3.05, 3.63) is 23.8 Å². The fourth-order valence-electron chi connectivity index (χ4n) is 2.46. The molecule has 21 heavy (non-hydrogen) atoms. The van der Waals surface area contributed by atoms with Crippen LogP contribution >= 0.6 is 0 Å². The number of benzene rings is 1. The SMILES string of the molecule is CCC(CC)N(CCOC)C(=O)c1c(N)cccc1OC. The molecule has 2 N–H and O–H groups in total. The van der Waals surface area contributed by atoms with Gasteiger partial charge in [0.25, 0.3) is 5.91 Å². The standard InChI is InChI=1S/C16H26N2O3/c1-5-12(6-2)18(10-11-20-3)16(19)15-13(17)8-7-9-14(15)21-4/h7-9,12H,5-6,10-11,17H2,1-4H3.